The first-order valence-electron chi connectivity index (χ1n) is 14.6. The van der Waals surface area contributed by atoms with Crippen molar-refractivity contribution in [3.63, 3.8) is 0 Å². The number of amides is 1. The zero-order valence-electron chi connectivity index (χ0n) is 24.6. The van der Waals surface area contributed by atoms with E-state index in [0.717, 1.165) is 38.3 Å². The second-order valence-corrected chi connectivity index (χ2v) is 11.7. The van der Waals surface area contributed by atoms with Gasteiger partial charge in [-0.25, -0.2) is 9.59 Å². The Morgan fingerprint density at radius 3 is 2.36 bits per heavy atom. The number of hydrogen-bond donors (Lipinski definition) is 3. The molecule has 0 radical (unpaired) electrons. The lowest BCUT2D eigenvalue weighted by atomic mass is 9.99. The van der Waals surface area contributed by atoms with Crippen molar-refractivity contribution >= 4 is 23.8 Å². The first kappa shape index (κ1) is 32.0. The molecule has 9 heteroatoms. The summed E-state index contributed by atoms with van der Waals surface area (Å²) in [4.78, 5) is 24.1. The summed E-state index contributed by atoms with van der Waals surface area (Å²) in [5.74, 6) is -0.298. The number of nitrogens with one attached hydrogen (secondary N) is 1. The highest BCUT2D eigenvalue weighted by molar-refractivity contribution is 7.99. The summed E-state index contributed by atoms with van der Waals surface area (Å²) < 4.78 is 18.1. The average molecular weight is 626 g/mol. The van der Waals surface area contributed by atoms with Gasteiger partial charge in [0.15, 0.2) is 6.29 Å². The maximum atomic E-state index is 11.9. The number of aliphatic hydroxyl groups is 1. The van der Waals surface area contributed by atoms with Crippen LogP contribution in [0.3, 0.4) is 0 Å². The van der Waals surface area contributed by atoms with Gasteiger partial charge in [0, 0.05) is 29.2 Å². The number of hydrogen-bond acceptors (Lipinski definition) is 7. The molecule has 4 aromatic rings. The second kappa shape index (κ2) is 15.5. The highest BCUT2D eigenvalue weighted by atomic mass is 32.2. The van der Waals surface area contributed by atoms with Crippen LogP contribution in [0.2, 0.25) is 0 Å². The number of aromatic carboxylic acids is 1. The molecule has 0 saturated carbocycles. The lowest BCUT2D eigenvalue weighted by Gasteiger charge is -2.36. The molecule has 3 N–H and O–H groups in total. The molecule has 3 unspecified atom stereocenters. The molecular formula is C36H35NO7S. The predicted octanol–water partition coefficient (Wildman–Crippen LogP) is 7.29. The minimum absolute atomic E-state index is 0.0269. The third-order valence-electron chi connectivity index (χ3n) is 7.34. The van der Waals surface area contributed by atoms with Gasteiger partial charge >= 0.3 is 12.1 Å². The highest BCUT2D eigenvalue weighted by Gasteiger charge is 2.32. The molecule has 8 nitrogen and oxygen atoms in total. The van der Waals surface area contributed by atoms with E-state index in [1.54, 1.807) is 23.9 Å². The van der Waals surface area contributed by atoms with Gasteiger partial charge in [-0.15, -0.1) is 11.8 Å². The van der Waals surface area contributed by atoms with Crippen molar-refractivity contribution in [2.75, 3.05) is 12.4 Å². The van der Waals surface area contributed by atoms with E-state index in [2.05, 4.69) is 18.0 Å². The Kier molecular flexibility index (Phi) is 11.1. The van der Waals surface area contributed by atoms with Crippen molar-refractivity contribution in [3.05, 3.63) is 138 Å². The van der Waals surface area contributed by atoms with E-state index in [0.29, 0.717) is 18.7 Å². The zero-order valence-corrected chi connectivity index (χ0v) is 25.5. The van der Waals surface area contributed by atoms with Crippen molar-refractivity contribution in [2.45, 2.75) is 43.0 Å². The van der Waals surface area contributed by atoms with Crippen molar-refractivity contribution in [1.82, 2.24) is 5.32 Å². The van der Waals surface area contributed by atoms with Crippen molar-refractivity contribution < 1.29 is 34.0 Å². The number of aliphatic hydroxyl groups excluding tert-OH is 1. The SMILES string of the molecule is C=CCOC(=O)NCc1cccc(-c2cccc(C3OC(CSc4ccc(C(=O)O)cc4)CC(c4ccc(CO)cc4)O3)c2)c1. The Morgan fingerprint density at radius 2 is 1.64 bits per heavy atom. The minimum Gasteiger partial charge on any atom is -0.478 e. The van der Waals surface area contributed by atoms with E-state index in [1.165, 1.54) is 6.08 Å². The van der Waals surface area contributed by atoms with Crippen LogP contribution in [-0.2, 0) is 27.4 Å². The summed E-state index contributed by atoms with van der Waals surface area (Å²) in [7, 11) is 0. The van der Waals surface area contributed by atoms with Gasteiger partial charge in [-0.2, -0.15) is 0 Å². The smallest absolute Gasteiger partial charge is 0.407 e. The van der Waals surface area contributed by atoms with Gasteiger partial charge in [0.1, 0.15) is 6.61 Å². The van der Waals surface area contributed by atoms with Crippen molar-refractivity contribution in [2.24, 2.45) is 0 Å². The molecule has 0 bridgehead atoms. The summed E-state index contributed by atoms with van der Waals surface area (Å²) in [5.41, 5.74) is 5.86. The van der Waals surface area contributed by atoms with Crippen molar-refractivity contribution in [1.29, 1.82) is 0 Å². The number of benzene rings is 4. The molecule has 1 saturated heterocycles. The molecule has 1 heterocycles. The monoisotopic (exact) mass is 625 g/mol. The van der Waals surface area contributed by atoms with E-state index < -0.39 is 18.4 Å². The van der Waals surface area contributed by atoms with Crippen molar-refractivity contribution in [3.8, 4) is 11.1 Å². The Balaban J connectivity index is 1.33. The summed E-state index contributed by atoms with van der Waals surface area (Å²) in [6.45, 7) is 4.00. The quantitative estimate of drug-likeness (QED) is 0.111. The first-order valence-corrected chi connectivity index (χ1v) is 15.6. The molecule has 3 atom stereocenters. The van der Waals surface area contributed by atoms with Crippen LogP contribution in [0.15, 0.2) is 115 Å². The largest absolute Gasteiger partial charge is 0.478 e. The Morgan fingerprint density at radius 1 is 0.911 bits per heavy atom. The maximum absolute atomic E-state index is 11.9. The van der Waals surface area contributed by atoms with Crippen LogP contribution in [0, 0.1) is 0 Å². The number of carboxylic acid groups (broad SMARTS) is 1. The molecule has 1 aliphatic rings. The lowest BCUT2D eigenvalue weighted by Crippen LogP contribution is -2.31. The van der Waals surface area contributed by atoms with Gasteiger partial charge in [0.25, 0.3) is 0 Å². The number of rotatable bonds is 12. The number of thioether (sulfide) groups is 1. The maximum Gasteiger partial charge on any atom is 0.407 e. The van der Waals surface area contributed by atoms with Crippen LogP contribution in [0.4, 0.5) is 4.79 Å². The van der Waals surface area contributed by atoms with Gasteiger partial charge in [0.2, 0.25) is 0 Å². The number of carbonyl (C=O) groups is 2. The fourth-order valence-corrected chi connectivity index (χ4v) is 5.91. The Hall–Kier alpha value is -4.41. The number of carboxylic acids is 1. The molecule has 5 rings (SSSR count). The van der Waals surface area contributed by atoms with E-state index in [4.69, 9.17) is 14.2 Å². The van der Waals surface area contributed by atoms with E-state index in [-0.39, 0.29) is 31.0 Å². The molecular weight excluding hydrogens is 590 g/mol. The summed E-state index contributed by atoms with van der Waals surface area (Å²) in [6.07, 6.45) is 0.666. The summed E-state index contributed by atoms with van der Waals surface area (Å²) in [5, 5.41) is 21.5. The molecule has 232 valence electrons. The van der Waals surface area contributed by atoms with Gasteiger partial charge in [-0.3, -0.25) is 0 Å². The number of carbonyl (C=O) groups excluding carboxylic acids is 1. The third-order valence-corrected chi connectivity index (χ3v) is 8.48. The summed E-state index contributed by atoms with van der Waals surface area (Å²) in [6, 6.07) is 30.6. The second-order valence-electron chi connectivity index (χ2n) is 10.6. The highest BCUT2D eigenvalue weighted by Crippen LogP contribution is 2.40. The molecule has 0 aromatic heterocycles. The van der Waals surface area contributed by atoms with Crippen LogP contribution in [0.1, 0.15) is 51.4 Å². The molecule has 1 fully saturated rings. The molecule has 0 aliphatic carbocycles. The first-order chi connectivity index (χ1) is 21.9. The van der Waals surface area contributed by atoms with Gasteiger partial charge < -0.3 is 29.7 Å². The Labute approximate surface area is 266 Å². The van der Waals surface area contributed by atoms with Crippen LogP contribution in [0.25, 0.3) is 11.1 Å². The van der Waals surface area contributed by atoms with Gasteiger partial charge in [-0.1, -0.05) is 73.3 Å². The normalized spacial score (nSPS) is 17.8. The fraction of sp³-hybridized carbons (Fsp3) is 0.222. The summed E-state index contributed by atoms with van der Waals surface area (Å²) >= 11 is 1.61. The minimum atomic E-state index is -0.952. The van der Waals surface area contributed by atoms with Crippen LogP contribution < -0.4 is 5.32 Å². The molecule has 45 heavy (non-hydrogen) atoms. The Bertz CT molecular complexity index is 1610. The van der Waals surface area contributed by atoms with Gasteiger partial charge in [-0.05, 0) is 64.2 Å². The van der Waals surface area contributed by atoms with Crippen LogP contribution in [-0.4, -0.2) is 40.7 Å². The van der Waals surface area contributed by atoms with Crippen LogP contribution in [0.5, 0.6) is 0 Å². The van der Waals surface area contributed by atoms with E-state index in [9.17, 15) is 19.8 Å². The number of alkyl carbamates (subject to hydrolysis) is 1. The molecule has 1 amide bonds. The van der Waals surface area contributed by atoms with E-state index in [1.807, 2.05) is 78.9 Å². The lowest BCUT2D eigenvalue weighted by molar-refractivity contribution is -0.245. The fourth-order valence-electron chi connectivity index (χ4n) is 4.99. The number of ether oxygens (including phenoxy) is 3. The van der Waals surface area contributed by atoms with Gasteiger partial charge in [0.05, 0.1) is 24.4 Å². The molecule has 0 spiro atoms. The zero-order chi connectivity index (χ0) is 31.6. The average Bonchev–Trinajstić information content (AvgIpc) is 3.09. The predicted molar refractivity (Wildman–Crippen MR) is 173 cm³/mol. The topological polar surface area (TPSA) is 114 Å². The molecule has 1 aliphatic heterocycles. The van der Waals surface area contributed by atoms with Crippen LogP contribution >= 0.6 is 11.8 Å². The third kappa shape index (κ3) is 8.83. The molecule has 4 aromatic carbocycles. The standard InChI is InChI=1S/C36H35NO7S/c1-2-17-42-36(41)37-21-25-5-3-6-28(18-25)29-7-4-8-30(19-29)35-43-31(23-45-32-15-13-27(14-16-32)34(39)40)20-33(44-35)26-11-9-24(22-38)10-12-26/h2-16,18-19,31,33,35,38H,1,17,20-23H2,(H,37,41)(H,39,40). The van der Waals surface area contributed by atoms with E-state index >= 15 is 0 Å².